The van der Waals surface area contributed by atoms with Crippen molar-refractivity contribution in [3.8, 4) is 0 Å². The number of urea groups is 1. The highest BCUT2D eigenvalue weighted by Gasteiger charge is 2.09. The molecule has 0 aliphatic heterocycles. The van der Waals surface area contributed by atoms with Crippen LogP contribution in [-0.2, 0) is 11.3 Å². The zero-order valence-corrected chi connectivity index (χ0v) is 15.4. The standard InChI is InChI=1S/C22H21N3O3/c1-16-12-13-19(24-22(27)28-15-17-8-4-2-5-9-17)14-20(16)25-21(26)23-18-10-6-3-7-11-18/h2-14H,15H2,1H3,(H,24,27)(H2,23,25,26). The summed E-state index contributed by atoms with van der Waals surface area (Å²) >= 11 is 0. The van der Waals surface area contributed by atoms with Crippen LogP contribution in [0.4, 0.5) is 26.7 Å². The zero-order chi connectivity index (χ0) is 19.8. The van der Waals surface area contributed by atoms with Crippen LogP contribution in [0.3, 0.4) is 0 Å². The molecule has 0 spiro atoms. The first kappa shape index (κ1) is 19.0. The van der Waals surface area contributed by atoms with Gasteiger partial charge in [0, 0.05) is 17.1 Å². The Kier molecular flexibility index (Phi) is 6.25. The third-order valence-electron chi connectivity index (χ3n) is 3.98. The van der Waals surface area contributed by atoms with Crippen molar-refractivity contribution in [2.24, 2.45) is 0 Å². The van der Waals surface area contributed by atoms with Gasteiger partial charge >= 0.3 is 12.1 Å². The number of nitrogens with one attached hydrogen (secondary N) is 3. The third-order valence-corrected chi connectivity index (χ3v) is 3.98. The van der Waals surface area contributed by atoms with Crippen LogP contribution in [0.2, 0.25) is 0 Å². The molecule has 0 aliphatic carbocycles. The lowest BCUT2D eigenvalue weighted by Gasteiger charge is -2.12. The lowest BCUT2D eigenvalue weighted by atomic mass is 10.2. The summed E-state index contributed by atoms with van der Waals surface area (Å²) in [5.41, 5.74) is 3.58. The summed E-state index contributed by atoms with van der Waals surface area (Å²) in [6.07, 6.45) is -0.563. The van der Waals surface area contributed by atoms with Crippen molar-refractivity contribution in [2.45, 2.75) is 13.5 Å². The molecule has 3 amide bonds. The topological polar surface area (TPSA) is 79.5 Å². The van der Waals surface area contributed by atoms with Gasteiger partial charge in [-0.1, -0.05) is 54.6 Å². The summed E-state index contributed by atoms with van der Waals surface area (Å²) in [6.45, 7) is 2.05. The van der Waals surface area contributed by atoms with Crippen molar-refractivity contribution in [1.29, 1.82) is 0 Å². The normalized spacial score (nSPS) is 10.0. The first-order valence-corrected chi connectivity index (χ1v) is 8.81. The van der Waals surface area contributed by atoms with Crippen LogP contribution in [0.5, 0.6) is 0 Å². The predicted octanol–water partition coefficient (Wildman–Crippen LogP) is 5.39. The average molecular weight is 375 g/mol. The van der Waals surface area contributed by atoms with Gasteiger partial charge in [-0.3, -0.25) is 5.32 Å². The Morgan fingerprint density at radius 3 is 2.18 bits per heavy atom. The summed E-state index contributed by atoms with van der Waals surface area (Å²) in [6, 6.07) is 23.5. The minimum Gasteiger partial charge on any atom is -0.444 e. The Labute approximate surface area is 163 Å². The van der Waals surface area contributed by atoms with Crippen molar-refractivity contribution in [1.82, 2.24) is 0 Å². The number of ether oxygens (including phenoxy) is 1. The van der Waals surface area contributed by atoms with E-state index in [-0.39, 0.29) is 12.6 Å². The van der Waals surface area contributed by atoms with Crippen molar-refractivity contribution in [3.05, 3.63) is 90.0 Å². The maximum atomic E-state index is 12.2. The van der Waals surface area contributed by atoms with E-state index in [1.54, 1.807) is 24.3 Å². The zero-order valence-electron chi connectivity index (χ0n) is 15.4. The molecule has 0 unspecified atom stereocenters. The van der Waals surface area contributed by atoms with Crippen LogP contribution < -0.4 is 16.0 Å². The fourth-order valence-electron chi connectivity index (χ4n) is 2.52. The highest BCUT2D eigenvalue weighted by atomic mass is 16.5. The number of aryl methyl sites for hydroxylation is 1. The molecule has 3 rings (SSSR count). The van der Waals surface area contributed by atoms with Gasteiger partial charge in [-0.2, -0.15) is 0 Å². The quantitative estimate of drug-likeness (QED) is 0.559. The van der Waals surface area contributed by atoms with Crippen molar-refractivity contribution < 1.29 is 14.3 Å². The Balaban J connectivity index is 1.57. The highest BCUT2D eigenvalue weighted by Crippen LogP contribution is 2.21. The van der Waals surface area contributed by atoms with E-state index in [0.29, 0.717) is 17.1 Å². The van der Waals surface area contributed by atoms with E-state index in [1.807, 2.05) is 61.5 Å². The summed E-state index contributed by atoms with van der Waals surface area (Å²) in [7, 11) is 0. The molecule has 0 saturated carbocycles. The molecular weight excluding hydrogens is 354 g/mol. The molecule has 0 atom stereocenters. The molecule has 0 heterocycles. The van der Waals surface area contributed by atoms with Crippen molar-refractivity contribution >= 4 is 29.2 Å². The number of carbonyl (C=O) groups is 2. The SMILES string of the molecule is Cc1ccc(NC(=O)OCc2ccccc2)cc1NC(=O)Nc1ccccc1. The van der Waals surface area contributed by atoms with Crippen molar-refractivity contribution in [2.75, 3.05) is 16.0 Å². The molecule has 0 aromatic heterocycles. The highest BCUT2D eigenvalue weighted by molar-refractivity contribution is 6.00. The number of hydrogen-bond acceptors (Lipinski definition) is 3. The third kappa shape index (κ3) is 5.60. The van der Waals surface area contributed by atoms with Gasteiger partial charge < -0.3 is 15.4 Å². The smallest absolute Gasteiger partial charge is 0.411 e. The van der Waals surface area contributed by atoms with E-state index in [0.717, 1.165) is 11.1 Å². The predicted molar refractivity (Wildman–Crippen MR) is 111 cm³/mol. The molecule has 28 heavy (non-hydrogen) atoms. The van der Waals surface area contributed by atoms with Gasteiger partial charge in [0.05, 0.1) is 0 Å². The molecule has 3 aromatic rings. The molecular formula is C22H21N3O3. The van der Waals surface area contributed by atoms with Gasteiger partial charge in [-0.15, -0.1) is 0 Å². The van der Waals surface area contributed by atoms with Gasteiger partial charge in [0.15, 0.2) is 0 Å². The molecule has 0 fully saturated rings. The molecule has 0 radical (unpaired) electrons. The Morgan fingerprint density at radius 1 is 0.786 bits per heavy atom. The fraction of sp³-hybridized carbons (Fsp3) is 0.0909. The molecule has 6 nitrogen and oxygen atoms in total. The number of rotatable bonds is 5. The Morgan fingerprint density at radius 2 is 1.46 bits per heavy atom. The van der Waals surface area contributed by atoms with E-state index >= 15 is 0 Å². The van der Waals surface area contributed by atoms with E-state index in [1.165, 1.54) is 0 Å². The minimum atomic E-state index is -0.563. The van der Waals surface area contributed by atoms with Crippen LogP contribution in [-0.4, -0.2) is 12.1 Å². The number of benzene rings is 3. The second kappa shape index (κ2) is 9.23. The molecule has 0 saturated heterocycles. The largest absolute Gasteiger partial charge is 0.444 e. The lowest BCUT2D eigenvalue weighted by molar-refractivity contribution is 0.155. The molecule has 3 N–H and O–H groups in total. The molecule has 0 aliphatic rings. The van der Waals surface area contributed by atoms with Crippen LogP contribution in [0.25, 0.3) is 0 Å². The summed E-state index contributed by atoms with van der Waals surface area (Å²) in [5.74, 6) is 0. The lowest BCUT2D eigenvalue weighted by Crippen LogP contribution is -2.20. The Bertz CT molecular complexity index is 944. The number of para-hydroxylation sites is 1. The van der Waals surface area contributed by atoms with Gasteiger partial charge in [0.25, 0.3) is 0 Å². The summed E-state index contributed by atoms with van der Waals surface area (Å²) in [5, 5.41) is 8.21. The molecule has 0 bridgehead atoms. The maximum absolute atomic E-state index is 12.2. The van der Waals surface area contributed by atoms with Gasteiger partial charge in [-0.25, -0.2) is 9.59 Å². The van der Waals surface area contributed by atoms with Crippen LogP contribution in [0, 0.1) is 6.92 Å². The first-order valence-electron chi connectivity index (χ1n) is 8.81. The minimum absolute atomic E-state index is 0.184. The van der Waals surface area contributed by atoms with Crippen LogP contribution >= 0.6 is 0 Å². The van der Waals surface area contributed by atoms with E-state index in [4.69, 9.17) is 4.74 Å². The number of anilines is 3. The van der Waals surface area contributed by atoms with E-state index < -0.39 is 6.09 Å². The second-order valence-electron chi connectivity index (χ2n) is 6.16. The summed E-state index contributed by atoms with van der Waals surface area (Å²) < 4.78 is 5.21. The molecule has 6 heteroatoms. The van der Waals surface area contributed by atoms with Gasteiger partial charge in [0.2, 0.25) is 0 Å². The number of carbonyl (C=O) groups excluding carboxylic acids is 2. The second-order valence-corrected chi connectivity index (χ2v) is 6.16. The van der Waals surface area contributed by atoms with E-state index in [2.05, 4.69) is 16.0 Å². The summed E-state index contributed by atoms with van der Waals surface area (Å²) in [4.78, 5) is 24.2. The van der Waals surface area contributed by atoms with E-state index in [9.17, 15) is 9.59 Å². The number of amides is 3. The Hall–Kier alpha value is -3.80. The van der Waals surface area contributed by atoms with Gasteiger partial charge in [0.1, 0.15) is 6.61 Å². The monoisotopic (exact) mass is 375 g/mol. The first-order chi connectivity index (χ1) is 13.6. The van der Waals surface area contributed by atoms with Crippen LogP contribution in [0.1, 0.15) is 11.1 Å². The van der Waals surface area contributed by atoms with Crippen LogP contribution in [0.15, 0.2) is 78.9 Å². The van der Waals surface area contributed by atoms with Crippen molar-refractivity contribution in [3.63, 3.8) is 0 Å². The molecule has 3 aromatic carbocycles. The van der Waals surface area contributed by atoms with Gasteiger partial charge in [-0.05, 0) is 42.3 Å². The average Bonchev–Trinajstić information content (AvgIpc) is 2.70. The fourth-order valence-corrected chi connectivity index (χ4v) is 2.52. The maximum Gasteiger partial charge on any atom is 0.411 e. The number of hydrogen-bond donors (Lipinski definition) is 3. The molecule has 142 valence electrons.